The summed E-state index contributed by atoms with van der Waals surface area (Å²) in [7, 11) is 0. The van der Waals surface area contributed by atoms with Gasteiger partial charge in [0.05, 0.1) is 0 Å². The van der Waals surface area contributed by atoms with Crippen LogP contribution in [0.1, 0.15) is 56.3 Å². The van der Waals surface area contributed by atoms with Gasteiger partial charge in [0.25, 0.3) is 0 Å². The Morgan fingerprint density at radius 1 is 1.24 bits per heavy atom. The molecule has 1 aliphatic rings. The van der Waals surface area contributed by atoms with E-state index in [-0.39, 0.29) is 0 Å². The minimum Gasteiger partial charge on any atom is -0.316 e. The third-order valence-corrected chi connectivity index (χ3v) is 4.91. The summed E-state index contributed by atoms with van der Waals surface area (Å²) < 4.78 is 0. The van der Waals surface area contributed by atoms with Gasteiger partial charge in [-0.2, -0.15) is 0 Å². The molecule has 1 aromatic rings. The van der Waals surface area contributed by atoms with Gasteiger partial charge in [0.15, 0.2) is 0 Å². The Bertz CT molecular complexity index is 447. The summed E-state index contributed by atoms with van der Waals surface area (Å²) >= 11 is 0. The van der Waals surface area contributed by atoms with Crippen LogP contribution >= 0.6 is 0 Å². The van der Waals surface area contributed by atoms with Crippen molar-refractivity contribution in [1.82, 2.24) is 10.2 Å². The molecule has 1 heterocycles. The first-order chi connectivity index (χ1) is 9.99. The van der Waals surface area contributed by atoms with Crippen LogP contribution in [0.4, 0.5) is 0 Å². The van der Waals surface area contributed by atoms with Gasteiger partial charge in [-0.1, -0.05) is 23.8 Å². The van der Waals surface area contributed by atoms with Crippen LogP contribution in [0.2, 0.25) is 0 Å². The zero-order valence-electron chi connectivity index (χ0n) is 14.4. The molecule has 1 N–H and O–H groups in total. The fourth-order valence-corrected chi connectivity index (χ4v) is 3.58. The summed E-state index contributed by atoms with van der Waals surface area (Å²) in [5.74, 6) is 0.800. The van der Waals surface area contributed by atoms with Crippen molar-refractivity contribution >= 4 is 0 Å². The molecule has 1 fully saturated rings. The molecule has 118 valence electrons. The second-order valence-electron chi connectivity index (χ2n) is 7.04. The van der Waals surface area contributed by atoms with Crippen molar-refractivity contribution in [1.29, 1.82) is 0 Å². The highest BCUT2D eigenvalue weighted by atomic mass is 15.2. The normalized spacial score (nSPS) is 21.0. The molecule has 2 nitrogen and oxygen atoms in total. The SMILES string of the molecule is Cc1ccc(C)c(C(C)N(CC2CCCNC2)C(C)C)c1. The molecule has 0 amide bonds. The summed E-state index contributed by atoms with van der Waals surface area (Å²) in [5, 5.41) is 3.55. The van der Waals surface area contributed by atoms with Crippen molar-refractivity contribution in [3.05, 3.63) is 34.9 Å². The Balaban J connectivity index is 2.14. The van der Waals surface area contributed by atoms with E-state index in [4.69, 9.17) is 0 Å². The molecule has 2 rings (SSSR count). The number of benzene rings is 1. The van der Waals surface area contributed by atoms with Gasteiger partial charge in [0, 0.05) is 18.6 Å². The summed E-state index contributed by atoms with van der Waals surface area (Å²) in [6, 6.07) is 7.93. The van der Waals surface area contributed by atoms with Gasteiger partial charge < -0.3 is 5.32 Å². The van der Waals surface area contributed by atoms with Crippen molar-refractivity contribution in [2.45, 2.75) is 59.5 Å². The Labute approximate surface area is 130 Å². The Morgan fingerprint density at radius 3 is 2.62 bits per heavy atom. The van der Waals surface area contributed by atoms with E-state index in [0.29, 0.717) is 12.1 Å². The summed E-state index contributed by atoms with van der Waals surface area (Å²) in [6.07, 6.45) is 2.70. The fraction of sp³-hybridized carbons (Fsp3) is 0.684. The fourth-order valence-electron chi connectivity index (χ4n) is 3.58. The third kappa shape index (κ3) is 4.31. The minimum absolute atomic E-state index is 0.492. The standard InChI is InChI=1S/C19H32N2/c1-14(2)21(13-18-7-6-10-20-12-18)17(5)19-11-15(3)8-9-16(19)4/h8-9,11,14,17-18,20H,6-7,10,12-13H2,1-5H3. The second-order valence-corrected chi connectivity index (χ2v) is 7.04. The molecule has 2 heteroatoms. The first-order valence-electron chi connectivity index (χ1n) is 8.52. The molecular formula is C19H32N2. The van der Waals surface area contributed by atoms with Crippen LogP contribution in [0.5, 0.6) is 0 Å². The quantitative estimate of drug-likeness (QED) is 0.878. The summed E-state index contributed by atoms with van der Waals surface area (Å²) in [5.41, 5.74) is 4.28. The van der Waals surface area contributed by atoms with E-state index in [1.54, 1.807) is 0 Å². The van der Waals surface area contributed by atoms with Crippen LogP contribution in [-0.4, -0.2) is 30.6 Å². The average molecular weight is 288 g/mol. The maximum atomic E-state index is 3.55. The lowest BCUT2D eigenvalue weighted by Crippen LogP contribution is -2.42. The van der Waals surface area contributed by atoms with Crippen LogP contribution in [0.25, 0.3) is 0 Å². The van der Waals surface area contributed by atoms with Crippen LogP contribution in [0.15, 0.2) is 18.2 Å². The zero-order chi connectivity index (χ0) is 15.4. The Kier molecular flexibility index (Phi) is 5.83. The van der Waals surface area contributed by atoms with Gasteiger partial charge in [-0.15, -0.1) is 0 Å². The molecule has 0 bridgehead atoms. The van der Waals surface area contributed by atoms with Crippen molar-refractivity contribution in [2.75, 3.05) is 19.6 Å². The molecule has 21 heavy (non-hydrogen) atoms. The van der Waals surface area contributed by atoms with Gasteiger partial charge >= 0.3 is 0 Å². The number of nitrogens with zero attached hydrogens (tertiary/aromatic N) is 1. The monoisotopic (exact) mass is 288 g/mol. The maximum Gasteiger partial charge on any atom is 0.0325 e. The van der Waals surface area contributed by atoms with Crippen LogP contribution < -0.4 is 5.32 Å². The Hall–Kier alpha value is -0.860. The van der Waals surface area contributed by atoms with Gasteiger partial charge in [0.1, 0.15) is 0 Å². The number of hydrogen-bond acceptors (Lipinski definition) is 2. The van der Waals surface area contributed by atoms with E-state index < -0.39 is 0 Å². The second kappa shape index (κ2) is 7.42. The maximum absolute atomic E-state index is 3.55. The molecule has 2 unspecified atom stereocenters. The number of aryl methyl sites for hydroxylation is 2. The van der Waals surface area contributed by atoms with Crippen LogP contribution in [0, 0.1) is 19.8 Å². The van der Waals surface area contributed by atoms with Gasteiger partial charge in [-0.3, -0.25) is 4.90 Å². The molecule has 1 aliphatic heterocycles. The van der Waals surface area contributed by atoms with Gasteiger partial charge in [-0.25, -0.2) is 0 Å². The highest BCUT2D eigenvalue weighted by molar-refractivity contribution is 5.32. The first-order valence-corrected chi connectivity index (χ1v) is 8.52. The number of nitrogens with one attached hydrogen (secondary N) is 1. The molecule has 0 saturated carbocycles. The highest BCUT2D eigenvalue weighted by Crippen LogP contribution is 2.28. The summed E-state index contributed by atoms with van der Waals surface area (Å²) in [6.45, 7) is 15.1. The number of rotatable bonds is 5. The van der Waals surface area contributed by atoms with E-state index in [1.165, 1.54) is 49.2 Å². The first kappa shape index (κ1) is 16.5. The van der Waals surface area contributed by atoms with Crippen LogP contribution in [0.3, 0.4) is 0 Å². The third-order valence-electron chi connectivity index (χ3n) is 4.91. The molecular weight excluding hydrogens is 256 g/mol. The lowest BCUT2D eigenvalue weighted by Gasteiger charge is -2.37. The molecule has 1 saturated heterocycles. The predicted molar refractivity (Wildman–Crippen MR) is 91.8 cm³/mol. The highest BCUT2D eigenvalue weighted by Gasteiger charge is 2.24. The van der Waals surface area contributed by atoms with Crippen molar-refractivity contribution in [3.63, 3.8) is 0 Å². The topological polar surface area (TPSA) is 15.3 Å². The lowest BCUT2D eigenvalue weighted by molar-refractivity contribution is 0.126. The minimum atomic E-state index is 0.492. The molecule has 0 spiro atoms. The van der Waals surface area contributed by atoms with Gasteiger partial charge in [0.2, 0.25) is 0 Å². The molecule has 1 aromatic carbocycles. The van der Waals surface area contributed by atoms with Crippen LogP contribution in [-0.2, 0) is 0 Å². The molecule has 0 aromatic heterocycles. The number of piperidine rings is 1. The van der Waals surface area contributed by atoms with Crippen molar-refractivity contribution < 1.29 is 0 Å². The van der Waals surface area contributed by atoms with Gasteiger partial charge in [-0.05, 0) is 77.6 Å². The molecule has 0 aliphatic carbocycles. The predicted octanol–water partition coefficient (Wildman–Crippen LogP) is 4.07. The number of hydrogen-bond donors (Lipinski definition) is 1. The van der Waals surface area contributed by atoms with E-state index in [9.17, 15) is 0 Å². The van der Waals surface area contributed by atoms with E-state index in [2.05, 4.69) is 63.0 Å². The summed E-state index contributed by atoms with van der Waals surface area (Å²) in [4.78, 5) is 2.68. The Morgan fingerprint density at radius 2 is 2.00 bits per heavy atom. The molecule has 2 atom stereocenters. The zero-order valence-corrected chi connectivity index (χ0v) is 14.4. The lowest BCUT2D eigenvalue weighted by atomic mass is 9.94. The smallest absolute Gasteiger partial charge is 0.0325 e. The molecule has 0 radical (unpaired) electrons. The van der Waals surface area contributed by atoms with E-state index in [0.717, 1.165) is 5.92 Å². The van der Waals surface area contributed by atoms with E-state index >= 15 is 0 Å². The van der Waals surface area contributed by atoms with E-state index in [1.807, 2.05) is 0 Å². The van der Waals surface area contributed by atoms with Crippen molar-refractivity contribution in [2.24, 2.45) is 5.92 Å². The average Bonchev–Trinajstić information content (AvgIpc) is 2.47. The van der Waals surface area contributed by atoms with Crippen molar-refractivity contribution in [3.8, 4) is 0 Å². The largest absolute Gasteiger partial charge is 0.316 e.